The second kappa shape index (κ2) is 9.68. The number of rotatable bonds is 7. The molecule has 3 atom stereocenters. The molecule has 35 heavy (non-hydrogen) atoms. The van der Waals surface area contributed by atoms with Crippen molar-refractivity contribution < 1.29 is 19.1 Å². The monoisotopic (exact) mass is 504 g/mol. The zero-order valence-electron chi connectivity index (χ0n) is 18.7. The highest BCUT2D eigenvalue weighted by molar-refractivity contribution is 8.15. The van der Waals surface area contributed by atoms with Gasteiger partial charge in [0.2, 0.25) is 0 Å². The van der Waals surface area contributed by atoms with Gasteiger partial charge < -0.3 is 9.64 Å². The largest absolute Gasteiger partial charge is 0.451 e. The number of hydrogen-bond donors (Lipinski definition) is 0. The molecule has 1 fully saturated rings. The van der Waals surface area contributed by atoms with Gasteiger partial charge in [-0.1, -0.05) is 96.2 Å². The molecule has 1 amide bonds. The van der Waals surface area contributed by atoms with Crippen LogP contribution in [0.5, 0.6) is 0 Å². The van der Waals surface area contributed by atoms with E-state index < -0.39 is 35.3 Å². The number of thioether (sulfide) groups is 1. The Balaban J connectivity index is 1.38. The third-order valence-corrected chi connectivity index (χ3v) is 7.50. The molecular weight excluding hydrogens is 484 g/mol. The van der Waals surface area contributed by atoms with E-state index in [1.165, 1.54) is 23.6 Å². The fourth-order valence-electron chi connectivity index (χ4n) is 4.23. The number of likely N-dealkylation sites (tertiary alicyclic amines) is 1. The highest BCUT2D eigenvalue weighted by Crippen LogP contribution is 2.42. The minimum absolute atomic E-state index is 0.361. The lowest BCUT2D eigenvalue weighted by Gasteiger charge is -2.44. The van der Waals surface area contributed by atoms with E-state index in [-0.39, 0.29) is 5.91 Å². The number of β-lactam (4-membered cyclic amide) rings is 1. The van der Waals surface area contributed by atoms with Gasteiger partial charge in [-0.05, 0) is 30.2 Å². The number of carbonyl (C=O) groups excluding carboxylic acids is 3. The van der Waals surface area contributed by atoms with Crippen molar-refractivity contribution in [2.75, 3.05) is 0 Å². The first-order chi connectivity index (χ1) is 16.9. The van der Waals surface area contributed by atoms with Crippen LogP contribution in [0.4, 0.5) is 0 Å². The van der Waals surface area contributed by atoms with Gasteiger partial charge in [-0.3, -0.25) is 14.6 Å². The van der Waals surface area contributed by atoms with Crippen LogP contribution in [0.2, 0.25) is 5.02 Å². The summed E-state index contributed by atoms with van der Waals surface area (Å²) < 4.78 is 5.91. The average molecular weight is 505 g/mol. The van der Waals surface area contributed by atoms with Crippen LogP contribution in [0, 0.1) is 0 Å². The van der Waals surface area contributed by atoms with E-state index in [4.69, 9.17) is 16.3 Å². The van der Waals surface area contributed by atoms with Crippen molar-refractivity contribution in [3.05, 3.63) is 107 Å². The van der Waals surface area contributed by atoms with Crippen LogP contribution in [0.15, 0.2) is 89.9 Å². The van der Waals surface area contributed by atoms with Crippen molar-refractivity contribution in [1.29, 1.82) is 0 Å². The summed E-state index contributed by atoms with van der Waals surface area (Å²) in [5.74, 6) is -1.58. The average Bonchev–Trinajstić information content (AvgIpc) is 3.27. The lowest BCUT2D eigenvalue weighted by atomic mass is 10.00. The summed E-state index contributed by atoms with van der Waals surface area (Å²) in [7, 11) is 0. The number of esters is 1. The topological polar surface area (TPSA) is 76.0 Å². The minimum atomic E-state index is -1.34. The van der Waals surface area contributed by atoms with Crippen molar-refractivity contribution in [2.45, 2.75) is 30.5 Å². The number of nitrogens with zero attached hydrogens (tertiary/aromatic N) is 2. The molecule has 0 saturated carbocycles. The molecule has 2 heterocycles. The normalized spacial score (nSPS) is 19.6. The van der Waals surface area contributed by atoms with Gasteiger partial charge in [-0.2, -0.15) is 0 Å². The van der Waals surface area contributed by atoms with Gasteiger partial charge in [0, 0.05) is 10.6 Å². The molecule has 5 rings (SSSR count). The van der Waals surface area contributed by atoms with Gasteiger partial charge >= 0.3 is 5.97 Å². The van der Waals surface area contributed by atoms with Crippen molar-refractivity contribution in [1.82, 2.24) is 4.90 Å². The molecule has 8 heteroatoms. The Morgan fingerprint density at radius 2 is 1.51 bits per heavy atom. The zero-order chi connectivity index (χ0) is 24.5. The molecule has 0 bridgehead atoms. The van der Waals surface area contributed by atoms with E-state index in [0.29, 0.717) is 10.1 Å². The van der Waals surface area contributed by atoms with Crippen LogP contribution < -0.4 is 0 Å². The molecule has 2 aliphatic rings. The van der Waals surface area contributed by atoms with E-state index in [9.17, 15) is 14.4 Å². The minimum Gasteiger partial charge on any atom is -0.451 e. The van der Waals surface area contributed by atoms with Crippen molar-refractivity contribution >= 4 is 46.1 Å². The van der Waals surface area contributed by atoms with Gasteiger partial charge in [0.1, 0.15) is 10.4 Å². The Bertz CT molecular complexity index is 1260. The van der Waals surface area contributed by atoms with Gasteiger partial charge in [0.15, 0.2) is 24.0 Å². The third-order valence-electron chi connectivity index (χ3n) is 5.96. The first-order valence-electron chi connectivity index (χ1n) is 11.1. The fraction of sp³-hybridized carbons (Fsp3) is 0.185. The summed E-state index contributed by atoms with van der Waals surface area (Å²) in [6, 6.07) is 23.8. The molecule has 0 aromatic heterocycles. The molecule has 2 aliphatic heterocycles. The molecule has 1 saturated heterocycles. The Morgan fingerprint density at radius 3 is 2.06 bits per heavy atom. The van der Waals surface area contributed by atoms with Crippen LogP contribution in [-0.2, 0) is 19.1 Å². The highest BCUT2D eigenvalue weighted by Gasteiger charge is 2.57. The van der Waals surface area contributed by atoms with Crippen molar-refractivity contribution in [2.24, 2.45) is 4.99 Å². The Hall–Kier alpha value is -3.42. The first-order valence-corrected chi connectivity index (χ1v) is 12.3. The maximum Gasteiger partial charge on any atom is 0.337 e. The predicted molar refractivity (Wildman–Crippen MR) is 135 cm³/mol. The highest BCUT2D eigenvalue weighted by atomic mass is 35.5. The number of ether oxygens (including phenoxy) is 1. The second-order valence-corrected chi connectivity index (χ2v) is 9.83. The molecule has 3 unspecified atom stereocenters. The van der Waals surface area contributed by atoms with E-state index in [1.54, 1.807) is 12.1 Å². The van der Waals surface area contributed by atoms with Crippen LogP contribution in [0.3, 0.4) is 0 Å². The molecule has 3 aromatic rings. The number of ketones is 1. The smallest absolute Gasteiger partial charge is 0.337 e. The molecule has 0 spiro atoms. The summed E-state index contributed by atoms with van der Waals surface area (Å²) in [4.78, 5) is 44.8. The molecule has 3 aromatic carbocycles. The predicted octanol–water partition coefficient (Wildman–Crippen LogP) is 4.66. The Kier molecular flexibility index (Phi) is 6.45. The summed E-state index contributed by atoms with van der Waals surface area (Å²) in [5, 5.41) is 0.833. The van der Waals surface area contributed by atoms with E-state index in [1.807, 2.05) is 72.8 Å². The number of benzene rings is 3. The van der Waals surface area contributed by atoms with E-state index in [0.717, 1.165) is 16.7 Å². The van der Waals surface area contributed by atoms with Crippen LogP contribution >= 0.6 is 23.4 Å². The quantitative estimate of drug-likeness (QED) is 0.266. The number of aliphatic imine (C=N–C) groups is 1. The van der Waals surface area contributed by atoms with Gasteiger partial charge in [0.25, 0.3) is 5.91 Å². The lowest BCUT2D eigenvalue weighted by Crippen LogP contribution is -2.67. The van der Waals surface area contributed by atoms with Crippen molar-refractivity contribution in [3.8, 4) is 0 Å². The molecule has 176 valence electrons. The maximum absolute atomic E-state index is 13.4. The maximum atomic E-state index is 13.4. The Labute approximate surface area is 211 Å². The first kappa shape index (κ1) is 23.3. The van der Waals surface area contributed by atoms with E-state index >= 15 is 0 Å². The molecule has 0 aliphatic carbocycles. The van der Waals surface area contributed by atoms with E-state index in [2.05, 4.69) is 4.99 Å². The van der Waals surface area contributed by atoms with Gasteiger partial charge in [0.05, 0.1) is 0 Å². The lowest BCUT2D eigenvalue weighted by molar-refractivity contribution is -0.168. The fourth-order valence-corrected chi connectivity index (χ4v) is 5.68. The van der Waals surface area contributed by atoms with Crippen LogP contribution in [0.25, 0.3) is 0 Å². The summed E-state index contributed by atoms with van der Waals surface area (Å²) in [5.41, 5.74) is 2.37. The van der Waals surface area contributed by atoms with Gasteiger partial charge in [-0.15, -0.1) is 0 Å². The summed E-state index contributed by atoms with van der Waals surface area (Å²) >= 11 is 7.34. The number of Topliss-reactive ketones (excluding diaryl/α,β-unsaturated/α-hetero) is 1. The summed E-state index contributed by atoms with van der Waals surface area (Å²) in [6.07, 6.45) is -0.712. The number of fused-ring (bicyclic) bond motifs is 1. The number of amides is 1. The van der Waals surface area contributed by atoms with Crippen LogP contribution in [-0.4, -0.2) is 45.1 Å². The molecule has 6 nitrogen and oxygen atoms in total. The van der Waals surface area contributed by atoms with Crippen LogP contribution in [0.1, 0.15) is 29.7 Å². The molecular formula is C27H21ClN2O4S. The third kappa shape index (κ3) is 4.49. The zero-order valence-corrected chi connectivity index (χ0v) is 20.3. The summed E-state index contributed by atoms with van der Waals surface area (Å²) in [6.45, 7) is 1.30. The second-order valence-electron chi connectivity index (χ2n) is 8.29. The number of halogens is 1. The molecule has 0 radical (unpaired) electrons. The number of carbonyl (C=O) groups is 3. The molecule has 0 N–H and O–H groups in total. The Morgan fingerprint density at radius 1 is 0.943 bits per heavy atom. The number of hydrogen-bond acceptors (Lipinski definition) is 6. The standard InChI is InChI=1S/C27H21ClN2O4S/c1-16(31)22(27(33)34-23(17-8-4-2-5-9-17)18-10-6-3-7-11-18)30-25(32)21-26(30)35-24(29-21)19-12-14-20(28)15-13-19/h2-15,21-23,26H,1H3. The van der Waals surface area contributed by atoms with Gasteiger partial charge in [-0.25, -0.2) is 4.79 Å². The SMILES string of the molecule is CC(=O)C(C(=O)OC(c1ccccc1)c1ccccc1)N1C(=O)C2N=C(c3ccc(Cl)cc3)SC21. The van der Waals surface area contributed by atoms with Crippen molar-refractivity contribution in [3.63, 3.8) is 0 Å².